The van der Waals surface area contributed by atoms with Gasteiger partial charge in [-0.05, 0) is 31.5 Å². The Hall–Kier alpha value is -1.71. The van der Waals surface area contributed by atoms with E-state index in [0.29, 0.717) is 16.9 Å². The van der Waals surface area contributed by atoms with E-state index < -0.39 is 0 Å². The number of rotatable bonds is 6. The van der Waals surface area contributed by atoms with Crippen molar-refractivity contribution in [1.82, 2.24) is 5.32 Å². The van der Waals surface area contributed by atoms with Gasteiger partial charge in [0.15, 0.2) is 0 Å². The lowest BCUT2D eigenvalue weighted by Crippen LogP contribution is -2.32. The van der Waals surface area contributed by atoms with Gasteiger partial charge in [-0.2, -0.15) is 0 Å². The molecule has 1 rings (SSSR count). The van der Waals surface area contributed by atoms with Gasteiger partial charge >= 0.3 is 0 Å². The van der Waals surface area contributed by atoms with Crippen molar-refractivity contribution in [1.29, 1.82) is 0 Å². The minimum absolute atomic E-state index is 0.113. The van der Waals surface area contributed by atoms with E-state index in [1.165, 1.54) is 12.8 Å². The molecule has 0 heterocycles. The van der Waals surface area contributed by atoms with Gasteiger partial charge in [-0.25, -0.2) is 0 Å². The zero-order chi connectivity index (χ0) is 13.5. The van der Waals surface area contributed by atoms with Gasteiger partial charge in [0.2, 0.25) is 0 Å². The normalized spacial score (nSPS) is 12.1. The average molecular weight is 249 g/mol. The molecule has 0 radical (unpaired) electrons. The van der Waals surface area contributed by atoms with Crippen LogP contribution < -0.4 is 16.8 Å². The molecule has 1 unspecified atom stereocenters. The summed E-state index contributed by atoms with van der Waals surface area (Å²) in [6.07, 6.45) is 4.52. The smallest absolute Gasteiger partial charge is 0.251 e. The SMILES string of the molecule is CCCCCC(C)NC(=O)c1cc(N)cc(N)c1. The fraction of sp³-hybridized carbons (Fsp3) is 0.500. The predicted octanol–water partition coefficient (Wildman–Crippen LogP) is 2.55. The number of nitrogens with one attached hydrogen (secondary N) is 1. The van der Waals surface area contributed by atoms with Crippen molar-refractivity contribution in [2.45, 2.75) is 45.6 Å². The van der Waals surface area contributed by atoms with Gasteiger partial charge in [0.05, 0.1) is 0 Å². The number of nitrogen functional groups attached to an aromatic ring is 2. The van der Waals surface area contributed by atoms with Crippen LogP contribution in [-0.2, 0) is 0 Å². The molecule has 0 spiro atoms. The highest BCUT2D eigenvalue weighted by atomic mass is 16.1. The van der Waals surface area contributed by atoms with Crippen LogP contribution in [0.15, 0.2) is 18.2 Å². The van der Waals surface area contributed by atoms with Crippen LogP contribution in [0.3, 0.4) is 0 Å². The van der Waals surface area contributed by atoms with Crippen molar-refractivity contribution in [3.8, 4) is 0 Å². The fourth-order valence-electron chi connectivity index (χ4n) is 1.89. The van der Waals surface area contributed by atoms with Crippen LogP contribution in [0, 0.1) is 0 Å². The molecule has 0 saturated carbocycles. The van der Waals surface area contributed by atoms with Crippen molar-refractivity contribution >= 4 is 17.3 Å². The molecule has 1 amide bonds. The number of benzene rings is 1. The zero-order valence-electron chi connectivity index (χ0n) is 11.2. The minimum Gasteiger partial charge on any atom is -0.399 e. The van der Waals surface area contributed by atoms with E-state index in [2.05, 4.69) is 12.2 Å². The number of carbonyl (C=O) groups is 1. The lowest BCUT2D eigenvalue weighted by molar-refractivity contribution is 0.0938. The van der Waals surface area contributed by atoms with E-state index >= 15 is 0 Å². The number of nitrogens with two attached hydrogens (primary N) is 2. The number of anilines is 2. The van der Waals surface area contributed by atoms with Crippen LogP contribution >= 0.6 is 0 Å². The van der Waals surface area contributed by atoms with E-state index in [9.17, 15) is 4.79 Å². The first-order valence-corrected chi connectivity index (χ1v) is 6.49. The largest absolute Gasteiger partial charge is 0.399 e. The number of carbonyl (C=O) groups excluding carboxylic acids is 1. The molecule has 100 valence electrons. The summed E-state index contributed by atoms with van der Waals surface area (Å²) in [7, 11) is 0. The summed E-state index contributed by atoms with van der Waals surface area (Å²) in [4.78, 5) is 12.0. The van der Waals surface area contributed by atoms with Crippen LogP contribution in [0.5, 0.6) is 0 Å². The third-order valence-corrected chi connectivity index (χ3v) is 2.86. The van der Waals surface area contributed by atoms with Crippen molar-refractivity contribution in [3.63, 3.8) is 0 Å². The summed E-state index contributed by atoms with van der Waals surface area (Å²) in [5.41, 5.74) is 12.9. The van der Waals surface area contributed by atoms with Crippen molar-refractivity contribution in [2.75, 3.05) is 11.5 Å². The van der Waals surface area contributed by atoms with Gasteiger partial charge in [0, 0.05) is 23.0 Å². The zero-order valence-corrected chi connectivity index (χ0v) is 11.2. The number of amides is 1. The summed E-state index contributed by atoms with van der Waals surface area (Å²) >= 11 is 0. The second-order valence-corrected chi connectivity index (χ2v) is 4.76. The van der Waals surface area contributed by atoms with Gasteiger partial charge < -0.3 is 16.8 Å². The van der Waals surface area contributed by atoms with Crippen molar-refractivity contribution < 1.29 is 4.79 Å². The molecule has 0 saturated heterocycles. The maximum Gasteiger partial charge on any atom is 0.251 e. The van der Waals surface area contributed by atoms with Crippen LogP contribution in [0.4, 0.5) is 11.4 Å². The van der Waals surface area contributed by atoms with Gasteiger partial charge in [-0.3, -0.25) is 4.79 Å². The molecule has 0 fully saturated rings. The Morgan fingerprint density at radius 1 is 1.22 bits per heavy atom. The van der Waals surface area contributed by atoms with Gasteiger partial charge in [-0.15, -0.1) is 0 Å². The quantitative estimate of drug-likeness (QED) is 0.535. The highest BCUT2D eigenvalue weighted by molar-refractivity contribution is 5.96. The van der Waals surface area contributed by atoms with Gasteiger partial charge in [0.1, 0.15) is 0 Å². The Balaban J connectivity index is 2.54. The molecule has 1 atom stereocenters. The maximum absolute atomic E-state index is 12.0. The van der Waals surface area contributed by atoms with Gasteiger partial charge in [-0.1, -0.05) is 26.2 Å². The van der Waals surface area contributed by atoms with E-state index in [1.54, 1.807) is 18.2 Å². The van der Waals surface area contributed by atoms with E-state index in [1.807, 2.05) is 6.92 Å². The molecule has 1 aromatic rings. The fourth-order valence-corrected chi connectivity index (χ4v) is 1.89. The maximum atomic E-state index is 12.0. The Morgan fingerprint density at radius 2 is 1.83 bits per heavy atom. The van der Waals surface area contributed by atoms with Crippen molar-refractivity contribution in [2.24, 2.45) is 0 Å². The highest BCUT2D eigenvalue weighted by Gasteiger charge is 2.10. The molecule has 0 bridgehead atoms. The van der Waals surface area contributed by atoms with E-state index in [4.69, 9.17) is 11.5 Å². The monoisotopic (exact) mass is 249 g/mol. The molecule has 1 aromatic carbocycles. The Bertz CT molecular complexity index is 384. The third kappa shape index (κ3) is 4.65. The van der Waals surface area contributed by atoms with Crippen LogP contribution in [-0.4, -0.2) is 11.9 Å². The lowest BCUT2D eigenvalue weighted by Gasteiger charge is -2.14. The van der Waals surface area contributed by atoms with Gasteiger partial charge in [0.25, 0.3) is 5.91 Å². The molecule has 0 aliphatic heterocycles. The second kappa shape index (κ2) is 6.89. The molecule has 18 heavy (non-hydrogen) atoms. The first-order chi connectivity index (χ1) is 8.52. The summed E-state index contributed by atoms with van der Waals surface area (Å²) in [5.74, 6) is -0.113. The molecule has 0 aliphatic carbocycles. The lowest BCUT2D eigenvalue weighted by atomic mass is 10.1. The van der Waals surface area contributed by atoms with E-state index in [0.717, 1.165) is 12.8 Å². The molecule has 4 heteroatoms. The molecule has 4 nitrogen and oxygen atoms in total. The van der Waals surface area contributed by atoms with E-state index in [-0.39, 0.29) is 11.9 Å². The first-order valence-electron chi connectivity index (χ1n) is 6.49. The Morgan fingerprint density at radius 3 is 2.39 bits per heavy atom. The number of hydrogen-bond donors (Lipinski definition) is 3. The van der Waals surface area contributed by atoms with Crippen LogP contribution in [0.25, 0.3) is 0 Å². The minimum atomic E-state index is -0.113. The summed E-state index contributed by atoms with van der Waals surface area (Å²) < 4.78 is 0. The third-order valence-electron chi connectivity index (χ3n) is 2.86. The molecular formula is C14H23N3O. The standard InChI is InChI=1S/C14H23N3O/c1-3-4-5-6-10(2)17-14(18)11-7-12(15)9-13(16)8-11/h7-10H,3-6,15-16H2,1-2H3,(H,17,18). The van der Waals surface area contributed by atoms with Crippen LogP contribution in [0.2, 0.25) is 0 Å². The number of unbranched alkanes of at least 4 members (excludes halogenated alkanes) is 2. The molecular weight excluding hydrogens is 226 g/mol. The number of hydrogen-bond acceptors (Lipinski definition) is 3. The predicted molar refractivity (Wildman–Crippen MR) is 76.3 cm³/mol. The first kappa shape index (κ1) is 14.4. The molecule has 0 aliphatic rings. The van der Waals surface area contributed by atoms with Crippen molar-refractivity contribution in [3.05, 3.63) is 23.8 Å². The summed E-state index contributed by atoms with van der Waals surface area (Å²) in [6, 6.07) is 5.10. The molecule has 5 N–H and O–H groups in total. The second-order valence-electron chi connectivity index (χ2n) is 4.76. The topological polar surface area (TPSA) is 81.1 Å². The Kier molecular flexibility index (Phi) is 5.49. The highest BCUT2D eigenvalue weighted by Crippen LogP contribution is 2.14. The average Bonchev–Trinajstić information content (AvgIpc) is 2.28. The summed E-state index contributed by atoms with van der Waals surface area (Å²) in [6.45, 7) is 4.18. The Labute approximate surface area is 109 Å². The summed E-state index contributed by atoms with van der Waals surface area (Å²) in [5, 5.41) is 2.96. The molecule has 0 aromatic heterocycles. The van der Waals surface area contributed by atoms with Crippen LogP contribution in [0.1, 0.15) is 49.9 Å².